The summed E-state index contributed by atoms with van der Waals surface area (Å²) < 4.78 is 0.863. The third-order valence-corrected chi connectivity index (χ3v) is 3.76. The Morgan fingerprint density at radius 2 is 2.22 bits per heavy atom. The molecule has 1 aromatic rings. The van der Waals surface area contributed by atoms with Crippen molar-refractivity contribution in [3.8, 4) is 0 Å². The zero-order valence-corrected chi connectivity index (χ0v) is 12.8. The maximum atomic E-state index is 12.3. The first kappa shape index (κ1) is 15.5. The van der Waals surface area contributed by atoms with Crippen LogP contribution in [0.4, 0.5) is 0 Å². The van der Waals surface area contributed by atoms with Gasteiger partial charge >= 0.3 is 0 Å². The molecule has 3 nitrogen and oxygen atoms in total. The van der Waals surface area contributed by atoms with Gasteiger partial charge in [0.15, 0.2) is 0 Å². The van der Waals surface area contributed by atoms with E-state index < -0.39 is 0 Å². The van der Waals surface area contributed by atoms with Gasteiger partial charge in [-0.2, -0.15) is 0 Å². The smallest absolute Gasteiger partial charge is 0.255 e. The number of amides is 1. The first-order valence-electron chi connectivity index (χ1n) is 5.89. The lowest BCUT2D eigenvalue weighted by Gasteiger charge is -2.31. The summed E-state index contributed by atoms with van der Waals surface area (Å²) in [4.78, 5) is 14.2. The van der Waals surface area contributed by atoms with Gasteiger partial charge in [0.05, 0.1) is 5.56 Å². The predicted octanol–water partition coefficient (Wildman–Crippen LogP) is 2.74. The van der Waals surface area contributed by atoms with E-state index in [1.54, 1.807) is 0 Å². The van der Waals surface area contributed by atoms with Gasteiger partial charge in [-0.05, 0) is 53.4 Å². The number of carbonyl (C=O) groups is 1. The molecule has 5 heteroatoms. The number of benzene rings is 1. The molecule has 0 aromatic heterocycles. The van der Waals surface area contributed by atoms with Crippen molar-refractivity contribution in [3.05, 3.63) is 33.8 Å². The van der Waals surface area contributed by atoms with Crippen molar-refractivity contribution in [2.75, 3.05) is 13.1 Å². The number of carbonyl (C=O) groups excluding carboxylic acids is 1. The van der Waals surface area contributed by atoms with Gasteiger partial charge in [0.25, 0.3) is 5.91 Å². The van der Waals surface area contributed by atoms with Crippen LogP contribution in [0.1, 0.15) is 28.8 Å². The van der Waals surface area contributed by atoms with Crippen LogP contribution in [0, 0.1) is 6.92 Å². The van der Waals surface area contributed by atoms with Crippen molar-refractivity contribution in [2.45, 2.75) is 25.8 Å². The summed E-state index contributed by atoms with van der Waals surface area (Å²) in [5.74, 6) is 0.0759. The van der Waals surface area contributed by atoms with Gasteiger partial charge in [0, 0.05) is 23.6 Å². The molecule has 2 rings (SSSR count). The highest BCUT2D eigenvalue weighted by Gasteiger charge is 2.23. The molecular weight excluding hydrogens is 316 g/mol. The van der Waals surface area contributed by atoms with E-state index in [4.69, 9.17) is 5.73 Å². The molecule has 2 N–H and O–H groups in total. The molecule has 0 radical (unpaired) electrons. The van der Waals surface area contributed by atoms with Crippen molar-refractivity contribution >= 4 is 34.2 Å². The first-order chi connectivity index (χ1) is 8.08. The van der Waals surface area contributed by atoms with Gasteiger partial charge in [0.2, 0.25) is 0 Å². The Labute approximate surface area is 122 Å². The van der Waals surface area contributed by atoms with Crippen molar-refractivity contribution in [1.29, 1.82) is 0 Å². The number of rotatable bonds is 1. The minimum Gasteiger partial charge on any atom is -0.337 e. The number of nitrogens with zero attached hydrogens (tertiary/aromatic N) is 1. The van der Waals surface area contributed by atoms with Crippen molar-refractivity contribution in [3.63, 3.8) is 0 Å². The SMILES string of the molecule is Cc1ccc(C(=O)N2CCCC(N)C2)c(Br)c1.Cl. The van der Waals surface area contributed by atoms with E-state index in [-0.39, 0.29) is 24.4 Å². The minimum atomic E-state index is 0. The van der Waals surface area contributed by atoms with Crippen LogP contribution in [0.15, 0.2) is 22.7 Å². The van der Waals surface area contributed by atoms with E-state index in [1.165, 1.54) is 0 Å². The summed E-state index contributed by atoms with van der Waals surface area (Å²) in [6.45, 7) is 3.49. The zero-order valence-electron chi connectivity index (χ0n) is 10.4. The quantitative estimate of drug-likeness (QED) is 0.859. The molecule has 18 heavy (non-hydrogen) atoms. The Balaban J connectivity index is 0.00000162. The molecule has 0 aliphatic carbocycles. The van der Waals surface area contributed by atoms with Gasteiger partial charge in [-0.15, -0.1) is 12.4 Å². The highest BCUT2D eigenvalue weighted by molar-refractivity contribution is 9.10. The largest absolute Gasteiger partial charge is 0.337 e. The second kappa shape index (κ2) is 6.55. The normalized spacial score (nSPS) is 19.3. The molecule has 0 saturated carbocycles. The number of aryl methyl sites for hydroxylation is 1. The van der Waals surface area contributed by atoms with Crippen LogP contribution in [0.25, 0.3) is 0 Å². The summed E-state index contributed by atoms with van der Waals surface area (Å²) in [5.41, 5.74) is 7.77. The van der Waals surface area contributed by atoms with Crippen molar-refractivity contribution in [2.24, 2.45) is 5.73 Å². The fourth-order valence-corrected chi connectivity index (χ4v) is 2.82. The molecule has 1 heterocycles. The third kappa shape index (κ3) is 3.46. The molecule has 1 atom stereocenters. The summed E-state index contributed by atoms with van der Waals surface area (Å²) in [7, 11) is 0. The van der Waals surface area contributed by atoms with Gasteiger partial charge in [-0.25, -0.2) is 0 Å². The second-order valence-corrected chi connectivity index (χ2v) is 5.49. The summed E-state index contributed by atoms with van der Waals surface area (Å²) in [6, 6.07) is 5.93. The first-order valence-corrected chi connectivity index (χ1v) is 6.68. The molecule has 1 fully saturated rings. The molecule has 1 aromatic carbocycles. The predicted molar refractivity (Wildman–Crippen MR) is 79.2 cm³/mol. The average Bonchev–Trinajstić information content (AvgIpc) is 2.28. The van der Waals surface area contributed by atoms with E-state index in [0.717, 1.165) is 35.0 Å². The molecule has 1 aliphatic heterocycles. The Morgan fingerprint density at radius 1 is 1.50 bits per heavy atom. The molecule has 1 amide bonds. The third-order valence-electron chi connectivity index (χ3n) is 3.10. The lowest BCUT2D eigenvalue weighted by Crippen LogP contribution is -2.45. The molecular formula is C13H18BrClN2O. The molecule has 1 saturated heterocycles. The van der Waals surface area contributed by atoms with Crippen LogP contribution in [0.5, 0.6) is 0 Å². The van der Waals surface area contributed by atoms with E-state index in [2.05, 4.69) is 15.9 Å². The zero-order chi connectivity index (χ0) is 12.4. The fourth-order valence-electron chi connectivity index (χ4n) is 2.16. The number of halogens is 2. The number of nitrogens with two attached hydrogens (primary N) is 1. The highest BCUT2D eigenvalue weighted by atomic mass is 79.9. The van der Waals surface area contributed by atoms with Gasteiger partial charge in [-0.3, -0.25) is 4.79 Å². The molecule has 0 spiro atoms. The summed E-state index contributed by atoms with van der Waals surface area (Å²) in [6.07, 6.45) is 2.01. The topological polar surface area (TPSA) is 46.3 Å². The van der Waals surface area contributed by atoms with Crippen LogP contribution >= 0.6 is 28.3 Å². The molecule has 0 bridgehead atoms. The maximum absolute atomic E-state index is 12.3. The Morgan fingerprint density at radius 3 is 2.83 bits per heavy atom. The number of piperidine rings is 1. The monoisotopic (exact) mass is 332 g/mol. The lowest BCUT2D eigenvalue weighted by atomic mass is 10.0. The summed E-state index contributed by atoms with van der Waals surface area (Å²) in [5, 5.41) is 0. The molecule has 1 unspecified atom stereocenters. The average molecular weight is 334 g/mol. The van der Waals surface area contributed by atoms with E-state index >= 15 is 0 Å². The molecule has 100 valence electrons. The van der Waals surface area contributed by atoms with Crippen LogP contribution in [0.2, 0.25) is 0 Å². The summed E-state index contributed by atoms with van der Waals surface area (Å²) >= 11 is 3.45. The number of hydrogen-bond donors (Lipinski definition) is 1. The van der Waals surface area contributed by atoms with E-state index in [1.807, 2.05) is 30.0 Å². The van der Waals surface area contributed by atoms with Crippen LogP contribution in [0.3, 0.4) is 0 Å². The number of likely N-dealkylation sites (tertiary alicyclic amines) is 1. The van der Waals surface area contributed by atoms with Crippen molar-refractivity contribution in [1.82, 2.24) is 4.90 Å². The van der Waals surface area contributed by atoms with Crippen molar-refractivity contribution < 1.29 is 4.79 Å². The van der Waals surface area contributed by atoms with Crippen LogP contribution in [-0.2, 0) is 0 Å². The van der Waals surface area contributed by atoms with Gasteiger partial charge in [-0.1, -0.05) is 6.07 Å². The Kier molecular flexibility index (Phi) is 5.63. The van der Waals surface area contributed by atoms with Crippen LogP contribution < -0.4 is 5.73 Å². The number of hydrogen-bond acceptors (Lipinski definition) is 2. The van der Waals surface area contributed by atoms with E-state index in [9.17, 15) is 4.79 Å². The fraction of sp³-hybridized carbons (Fsp3) is 0.462. The van der Waals surface area contributed by atoms with Gasteiger partial charge in [0.1, 0.15) is 0 Å². The van der Waals surface area contributed by atoms with Gasteiger partial charge < -0.3 is 10.6 Å². The molecule has 1 aliphatic rings. The van der Waals surface area contributed by atoms with Crippen LogP contribution in [-0.4, -0.2) is 29.9 Å². The Bertz CT molecular complexity index is 439. The second-order valence-electron chi connectivity index (χ2n) is 4.64. The standard InChI is InChI=1S/C13H17BrN2O.ClH/c1-9-4-5-11(12(14)7-9)13(17)16-6-2-3-10(15)8-16;/h4-5,7,10H,2-3,6,8,15H2,1H3;1H. The van der Waals surface area contributed by atoms with E-state index in [0.29, 0.717) is 6.54 Å². The maximum Gasteiger partial charge on any atom is 0.255 e. The Hall–Kier alpha value is -0.580. The highest BCUT2D eigenvalue weighted by Crippen LogP contribution is 2.21. The lowest BCUT2D eigenvalue weighted by molar-refractivity contribution is 0.0708. The minimum absolute atomic E-state index is 0.